The fourth-order valence-corrected chi connectivity index (χ4v) is 0.626. The van der Waals surface area contributed by atoms with Crippen molar-refractivity contribution in [3.8, 4) is 0 Å². The molecule has 0 saturated heterocycles. The molecule has 0 aliphatic heterocycles. The molecule has 60 valence electrons. The molecule has 0 amide bonds. The van der Waals surface area contributed by atoms with Crippen molar-refractivity contribution in [1.82, 2.24) is 0 Å². The van der Waals surface area contributed by atoms with Crippen molar-refractivity contribution in [2.45, 2.75) is 25.3 Å². The Morgan fingerprint density at radius 1 is 1.45 bits per heavy atom. The fraction of sp³-hybridized carbons (Fsp3) is 0.833. The molecule has 0 aromatic carbocycles. The average Bonchev–Trinajstić information content (AvgIpc) is 1.88. The van der Waals surface area contributed by atoms with Gasteiger partial charge in [0.25, 0.3) is 0 Å². The van der Waals surface area contributed by atoms with E-state index >= 15 is 0 Å². The molecule has 0 unspecified atom stereocenters. The first-order chi connectivity index (χ1) is 4.68. The van der Waals surface area contributed by atoms with Crippen LogP contribution in [0, 0.1) is 0 Å². The van der Waals surface area contributed by atoms with Gasteiger partial charge in [-0.3, -0.25) is 0 Å². The Hall–Kier alpha value is 0.390. The zero-order valence-electron chi connectivity index (χ0n) is 6.88. The molecule has 0 fully saturated rings. The summed E-state index contributed by atoms with van der Waals surface area (Å²) in [5.74, 6) is -1.18. The van der Waals surface area contributed by atoms with Crippen molar-refractivity contribution in [1.29, 1.82) is 0 Å². The molecule has 0 aliphatic rings. The van der Waals surface area contributed by atoms with Crippen LogP contribution in [0.4, 0.5) is 0 Å². The second-order valence-electron chi connectivity index (χ2n) is 2.21. The first-order valence-electron chi connectivity index (χ1n) is 3.35. The Morgan fingerprint density at radius 3 is 2.36 bits per heavy atom. The van der Waals surface area contributed by atoms with Gasteiger partial charge >= 0.3 is 29.6 Å². The topological polar surface area (TPSA) is 92.2 Å². The molecule has 1 atom stereocenters. The van der Waals surface area contributed by atoms with Crippen LogP contribution < -0.4 is 46.1 Å². The third-order valence-electron chi connectivity index (χ3n) is 1.27. The minimum absolute atomic E-state index is 0. The number of hydrogen-bond donors (Lipinski definition) is 2. The van der Waals surface area contributed by atoms with E-state index in [0.717, 1.165) is 12.8 Å². The molecule has 0 saturated carbocycles. The van der Waals surface area contributed by atoms with Crippen molar-refractivity contribution < 1.29 is 39.5 Å². The predicted octanol–water partition coefficient (Wildman–Crippen LogP) is -4.80. The number of hydrogen-bond acceptors (Lipinski definition) is 4. The van der Waals surface area contributed by atoms with E-state index in [1.807, 2.05) is 0 Å². The van der Waals surface area contributed by atoms with Gasteiger partial charge in [0.15, 0.2) is 0 Å². The second kappa shape index (κ2) is 8.49. The number of rotatable bonds is 5. The van der Waals surface area contributed by atoms with E-state index in [9.17, 15) is 9.90 Å². The van der Waals surface area contributed by atoms with E-state index in [4.69, 9.17) is 11.5 Å². The summed E-state index contributed by atoms with van der Waals surface area (Å²) >= 11 is 0. The third kappa shape index (κ3) is 8.29. The Labute approximate surface area is 88.6 Å². The van der Waals surface area contributed by atoms with Gasteiger partial charge < -0.3 is 21.4 Å². The van der Waals surface area contributed by atoms with Crippen molar-refractivity contribution in [2.75, 3.05) is 6.54 Å². The number of carbonyl (C=O) groups is 1. The van der Waals surface area contributed by atoms with Crippen LogP contribution >= 0.6 is 0 Å². The Kier molecular flexibility index (Phi) is 10.8. The van der Waals surface area contributed by atoms with E-state index in [2.05, 4.69) is 0 Å². The monoisotopic (exact) mass is 168 g/mol. The zero-order valence-corrected chi connectivity index (χ0v) is 8.88. The number of nitrogens with two attached hydrogens (primary N) is 2. The molecule has 0 aromatic heterocycles. The quantitative estimate of drug-likeness (QED) is 0.318. The summed E-state index contributed by atoms with van der Waals surface area (Å²) in [5, 5.41) is 10.0. The van der Waals surface area contributed by atoms with Crippen LogP contribution in [-0.4, -0.2) is 18.6 Å². The van der Waals surface area contributed by atoms with Crippen molar-refractivity contribution in [2.24, 2.45) is 11.5 Å². The van der Waals surface area contributed by atoms with Crippen LogP contribution in [0.3, 0.4) is 0 Å². The Bertz CT molecular complexity index is 111. The van der Waals surface area contributed by atoms with Gasteiger partial charge in [0.05, 0.1) is 5.97 Å². The van der Waals surface area contributed by atoms with E-state index in [1.54, 1.807) is 0 Å². The molecule has 0 bridgehead atoms. The summed E-state index contributed by atoms with van der Waals surface area (Å²) in [6.45, 7) is 0.583. The summed E-state index contributed by atoms with van der Waals surface area (Å²) in [7, 11) is 0. The van der Waals surface area contributed by atoms with E-state index < -0.39 is 12.0 Å². The van der Waals surface area contributed by atoms with Crippen LogP contribution in [-0.2, 0) is 4.79 Å². The van der Waals surface area contributed by atoms with Gasteiger partial charge in [-0.2, -0.15) is 0 Å². The SMILES string of the molecule is NCCCC[C@H](N)C(=O)[O-].[Na+]. The third-order valence-corrected chi connectivity index (χ3v) is 1.27. The molecule has 0 aliphatic carbocycles. The number of aliphatic carboxylic acids is 1. The molecule has 0 heterocycles. The van der Waals surface area contributed by atoms with Gasteiger partial charge in [0.2, 0.25) is 0 Å². The van der Waals surface area contributed by atoms with E-state index in [1.165, 1.54) is 0 Å². The van der Waals surface area contributed by atoms with Crippen LogP contribution in [0.5, 0.6) is 0 Å². The number of carboxylic acid groups (broad SMARTS) is 1. The summed E-state index contributed by atoms with van der Waals surface area (Å²) in [6.07, 6.45) is 2.03. The molecule has 0 aromatic rings. The molecular formula is C6H13N2NaO2. The minimum atomic E-state index is -1.18. The molecule has 11 heavy (non-hydrogen) atoms. The minimum Gasteiger partial charge on any atom is -0.548 e. The Balaban J connectivity index is 0. The van der Waals surface area contributed by atoms with Gasteiger partial charge in [-0.1, -0.05) is 6.42 Å². The number of carboxylic acids is 1. The fourth-order valence-electron chi connectivity index (χ4n) is 0.626. The predicted molar refractivity (Wildman–Crippen MR) is 35.9 cm³/mol. The molecule has 4 nitrogen and oxygen atoms in total. The summed E-state index contributed by atoms with van der Waals surface area (Å²) < 4.78 is 0. The van der Waals surface area contributed by atoms with E-state index in [0.29, 0.717) is 13.0 Å². The van der Waals surface area contributed by atoms with Gasteiger partial charge in [0.1, 0.15) is 0 Å². The summed E-state index contributed by atoms with van der Waals surface area (Å²) in [5.41, 5.74) is 10.3. The molecule has 5 heteroatoms. The average molecular weight is 168 g/mol. The zero-order chi connectivity index (χ0) is 7.98. The van der Waals surface area contributed by atoms with Crippen molar-refractivity contribution in [3.05, 3.63) is 0 Å². The molecule has 4 N–H and O–H groups in total. The number of carbonyl (C=O) groups excluding carboxylic acids is 1. The first kappa shape index (κ1) is 13.9. The number of unbranched alkanes of at least 4 members (excludes halogenated alkanes) is 1. The van der Waals surface area contributed by atoms with Crippen LogP contribution in [0.1, 0.15) is 19.3 Å². The largest absolute Gasteiger partial charge is 1.00 e. The molecule has 0 rings (SSSR count). The summed E-state index contributed by atoms with van der Waals surface area (Å²) in [4.78, 5) is 10.0. The first-order valence-corrected chi connectivity index (χ1v) is 3.35. The summed E-state index contributed by atoms with van der Waals surface area (Å²) in [6, 6.07) is -0.827. The van der Waals surface area contributed by atoms with Crippen LogP contribution in [0.25, 0.3) is 0 Å². The Morgan fingerprint density at radius 2 is 2.00 bits per heavy atom. The van der Waals surface area contributed by atoms with Gasteiger partial charge in [-0.05, 0) is 19.4 Å². The molecular weight excluding hydrogens is 155 g/mol. The van der Waals surface area contributed by atoms with Gasteiger partial charge in [0, 0.05) is 6.04 Å². The van der Waals surface area contributed by atoms with Crippen molar-refractivity contribution >= 4 is 5.97 Å². The maximum Gasteiger partial charge on any atom is 1.00 e. The maximum absolute atomic E-state index is 10.0. The van der Waals surface area contributed by atoms with Gasteiger partial charge in [-0.15, -0.1) is 0 Å². The molecule has 0 spiro atoms. The van der Waals surface area contributed by atoms with E-state index in [-0.39, 0.29) is 29.6 Å². The smallest absolute Gasteiger partial charge is 0.548 e. The normalized spacial score (nSPS) is 11.8. The standard InChI is InChI=1S/C6H14N2O2.Na/c7-4-2-1-3-5(8)6(9)10;/h5H,1-4,7-8H2,(H,9,10);/q;+1/p-1/t5-;/m0./s1. The van der Waals surface area contributed by atoms with Crippen molar-refractivity contribution in [3.63, 3.8) is 0 Å². The second-order valence-corrected chi connectivity index (χ2v) is 2.21. The maximum atomic E-state index is 10.0. The van der Waals surface area contributed by atoms with Crippen LogP contribution in [0.2, 0.25) is 0 Å². The van der Waals surface area contributed by atoms with Crippen LogP contribution in [0.15, 0.2) is 0 Å². The van der Waals surface area contributed by atoms with Gasteiger partial charge in [-0.25, -0.2) is 0 Å². The molecule has 0 radical (unpaired) electrons.